The summed E-state index contributed by atoms with van der Waals surface area (Å²) in [4.78, 5) is 23.5. The summed E-state index contributed by atoms with van der Waals surface area (Å²) in [5.74, 6) is 0.577. The molecule has 1 spiro atoms. The van der Waals surface area contributed by atoms with Gasteiger partial charge in [-0.15, -0.1) is 5.10 Å². The van der Waals surface area contributed by atoms with Crippen LogP contribution in [0.2, 0.25) is 0 Å². The SMILES string of the molecule is O=C(c1cnc(NC2Cc3ccccc3C2)nc1)N1CC2(CC(OCc3c[nH]nn3)C2)C1. The highest BCUT2D eigenvalue weighted by Gasteiger charge is 2.54. The fourth-order valence-corrected chi connectivity index (χ4v) is 5.23. The number of carbonyl (C=O) groups excluding carboxylic acids is 1. The first-order valence-electron chi connectivity index (χ1n) is 11.1. The topological polar surface area (TPSA) is 109 Å². The van der Waals surface area contributed by atoms with Crippen LogP contribution in [0, 0.1) is 5.41 Å². The number of aromatic amines is 1. The maximum atomic E-state index is 12.8. The molecule has 32 heavy (non-hydrogen) atoms. The van der Waals surface area contributed by atoms with Crippen LogP contribution >= 0.6 is 0 Å². The number of hydrogen-bond acceptors (Lipinski definition) is 7. The van der Waals surface area contributed by atoms with Crippen LogP contribution in [0.5, 0.6) is 0 Å². The lowest BCUT2D eigenvalue weighted by Gasteiger charge is -2.58. The molecule has 3 aromatic rings. The lowest BCUT2D eigenvalue weighted by Crippen LogP contribution is -2.65. The van der Waals surface area contributed by atoms with E-state index in [1.54, 1.807) is 18.6 Å². The smallest absolute Gasteiger partial charge is 0.257 e. The number of carbonyl (C=O) groups is 1. The quantitative estimate of drug-likeness (QED) is 0.614. The van der Waals surface area contributed by atoms with Crippen molar-refractivity contribution in [2.45, 2.75) is 44.4 Å². The number of nitrogens with zero attached hydrogens (tertiary/aromatic N) is 5. The normalized spacial score (nSPS) is 19.4. The lowest BCUT2D eigenvalue weighted by molar-refractivity contribution is -0.143. The first-order valence-corrected chi connectivity index (χ1v) is 11.1. The number of anilines is 1. The molecular formula is C23H25N7O2. The highest BCUT2D eigenvalue weighted by molar-refractivity contribution is 5.94. The third-order valence-electron chi connectivity index (χ3n) is 6.88. The van der Waals surface area contributed by atoms with Crippen LogP contribution < -0.4 is 5.32 Å². The van der Waals surface area contributed by atoms with Gasteiger partial charge in [-0.25, -0.2) is 9.97 Å². The van der Waals surface area contributed by atoms with Gasteiger partial charge in [-0.3, -0.25) is 9.89 Å². The second-order valence-electron chi connectivity index (χ2n) is 9.28. The van der Waals surface area contributed by atoms with Gasteiger partial charge >= 0.3 is 0 Å². The summed E-state index contributed by atoms with van der Waals surface area (Å²) in [6, 6.07) is 8.79. The Morgan fingerprint density at radius 1 is 1.16 bits per heavy atom. The van der Waals surface area contributed by atoms with Gasteiger partial charge in [0, 0.05) is 43.1 Å². The maximum absolute atomic E-state index is 12.8. The Bertz CT molecular complexity index is 1080. The van der Waals surface area contributed by atoms with Crippen molar-refractivity contribution in [1.82, 2.24) is 30.3 Å². The van der Waals surface area contributed by atoms with E-state index in [1.165, 1.54) is 11.1 Å². The summed E-state index contributed by atoms with van der Waals surface area (Å²) >= 11 is 0. The number of likely N-dealkylation sites (tertiary alicyclic amines) is 1. The van der Waals surface area contributed by atoms with Crippen LogP contribution in [0.25, 0.3) is 0 Å². The number of aromatic nitrogens is 5. The van der Waals surface area contributed by atoms with Gasteiger partial charge in [-0.1, -0.05) is 29.5 Å². The molecule has 164 valence electrons. The number of nitrogens with one attached hydrogen (secondary N) is 2. The summed E-state index contributed by atoms with van der Waals surface area (Å²) in [6.45, 7) is 2.02. The van der Waals surface area contributed by atoms with Crippen molar-refractivity contribution in [2.75, 3.05) is 18.4 Å². The molecule has 3 aliphatic rings. The molecule has 2 fully saturated rings. The second-order valence-corrected chi connectivity index (χ2v) is 9.28. The van der Waals surface area contributed by atoms with Gasteiger partial charge in [0.05, 0.1) is 18.3 Å². The second kappa shape index (κ2) is 7.67. The van der Waals surface area contributed by atoms with Crippen LogP contribution in [0.1, 0.15) is 40.0 Å². The standard InChI is InChI=1S/C23H25N7O2/c31-21(30-13-23(14-30)7-20(8-23)32-12-19-11-26-29-28-19)17-9-24-22(25-10-17)27-18-5-15-3-1-2-4-16(15)6-18/h1-4,9-11,18,20H,5-8,12-14H2,(H,24,25,27)(H,26,28,29). The molecule has 0 unspecified atom stereocenters. The number of ether oxygens (including phenoxy) is 1. The zero-order valence-corrected chi connectivity index (χ0v) is 17.7. The van der Waals surface area contributed by atoms with Gasteiger partial charge in [-0.05, 0) is 36.8 Å². The van der Waals surface area contributed by atoms with Crippen LogP contribution in [0.4, 0.5) is 5.95 Å². The number of benzene rings is 1. The molecule has 9 nitrogen and oxygen atoms in total. The molecule has 1 saturated heterocycles. The molecule has 2 aromatic heterocycles. The number of hydrogen-bond donors (Lipinski definition) is 2. The van der Waals surface area contributed by atoms with Crippen molar-refractivity contribution >= 4 is 11.9 Å². The molecule has 1 amide bonds. The highest BCUT2D eigenvalue weighted by Crippen LogP contribution is 2.50. The fraction of sp³-hybridized carbons (Fsp3) is 0.435. The molecule has 2 aliphatic carbocycles. The minimum Gasteiger partial charge on any atom is -0.372 e. The van der Waals surface area contributed by atoms with Crippen molar-refractivity contribution < 1.29 is 9.53 Å². The third kappa shape index (κ3) is 3.62. The van der Waals surface area contributed by atoms with Gasteiger partial charge in [-0.2, -0.15) is 0 Å². The Morgan fingerprint density at radius 2 is 1.88 bits per heavy atom. The maximum Gasteiger partial charge on any atom is 0.257 e. The molecule has 0 atom stereocenters. The molecule has 0 radical (unpaired) electrons. The van der Waals surface area contributed by atoms with E-state index in [4.69, 9.17) is 4.74 Å². The van der Waals surface area contributed by atoms with Gasteiger partial charge in [0.2, 0.25) is 5.95 Å². The number of rotatable bonds is 6. The van der Waals surface area contributed by atoms with Crippen molar-refractivity contribution in [2.24, 2.45) is 5.41 Å². The zero-order chi connectivity index (χ0) is 21.5. The summed E-state index contributed by atoms with van der Waals surface area (Å²) in [5, 5.41) is 13.7. The Hall–Kier alpha value is -3.33. The first-order chi connectivity index (χ1) is 15.7. The predicted octanol–water partition coefficient (Wildman–Crippen LogP) is 2.00. The average molecular weight is 432 g/mol. The van der Waals surface area contributed by atoms with Crippen molar-refractivity contribution in [3.05, 3.63) is 65.2 Å². The van der Waals surface area contributed by atoms with E-state index in [9.17, 15) is 4.79 Å². The number of H-pyrrole nitrogens is 1. The molecule has 1 saturated carbocycles. The monoisotopic (exact) mass is 431 g/mol. The van der Waals surface area contributed by atoms with E-state index in [2.05, 4.69) is 55.0 Å². The third-order valence-corrected chi connectivity index (χ3v) is 6.88. The molecule has 1 aromatic carbocycles. The Morgan fingerprint density at radius 3 is 2.53 bits per heavy atom. The molecular weight excluding hydrogens is 406 g/mol. The van der Waals surface area contributed by atoms with Gasteiger partial charge in [0.1, 0.15) is 5.69 Å². The Balaban J connectivity index is 0.972. The van der Waals surface area contributed by atoms with Crippen LogP contribution in [-0.2, 0) is 24.2 Å². The van der Waals surface area contributed by atoms with Crippen molar-refractivity contribution in [3.8, 4) is 0 Å². The van der Waals surface area contributed by atoms with E-state index >= 15 is 0 Å². The van der Waals surface area contributed by atoms with Crippen molar-refractivity contribution in [3.63, 3.8) is 0 Å². The van der Waals surface area contributed by atoms with E-state index in [0.717, 1.165) is 44.5 Å². The lowest BCUT2D eigenvalue weighted by atomic mass is 9.61. The summed E-state index contributed by atoms with van der Waals surface area (Å²) in [5.41, 5.74) is 4.32. The molecule has 1 aliphatic heterocycles. The van der Waals surface area contributed by atoms with E-state index in [0.29, 0.717) is 24.2 Å². The van der Waals surface area contributed by atoms with E-state index in [-0.39, 0.29) is 17.4 Å². The highest BCUT2D eigenvalue weighted by atomic mass is 16.5. The van der Waals surface area contributed by atoms with Crippen LogP contribution in [-0.4, -0.2) is 61.4 Å². The fourth-order valence-electron chi connectivity index (χ4n) is 5.23. The molecule has 0 bridgehead atoms. The van der Waals surface area contributed by atoms with Gasteiger partial charge in [0.15, 0.2) is 0 Å². The molecule has 2 N–H and O–H groups in total. The van der Waals surface area contributed by atoms with Crippen LogP contribution in [0.15, 0.2) is 42.9 Å². The summed E-state index contributed by atoms with van der Waals surface area (Å²) in [6.07, 6.45) is 9.16. The van der Waals surface area contributed by atoms with Crippen LogP contribution in [0.3, 0.4) is 0 Å². The van der Waals surface area contributed by atoms with E-state index in [1.807, 2.05) is 4.90 Å². The minimum absolute atomic E-state index is 0.00223. The predicted molar refractivity (Wildman–Crippen MR) is 116 cm³/mol. The van der Waals surface area contributed by atoms with E-state index < -0.39 is 0 Å². The minimum atomic E-state index is 0.00223. The molecule has 6 rings (SSSR count). The van der Waals surface area contributed by atoms with Gasteiger partial charge in [0.25, 0.3) is 5.91 Å². The summed E-state index contributed by atoms with van der Waals surface area (Å²) in [7, 11) is 0. The first kappa shape index (κ1) is 19.4. The van der Waals surface area contributed by atoms with Crippen molar-refractivity contribution in [1.29, 1.82) is 0 Å². The Kier molecular flexibility index (Phi) is 4.64. The Labute approximate surface area is 185 Å². The molecule has 3 heterocycles. The molecule has 9 heteroatoms. The average Bonchev–Trinajstić information content (AvgIpc) is 3.41. The zero-order valence-electron chi connectivity index (χ0n) is 17.7. The van der Waals surface area contributed by atoms with Gasteiger partial charge < -0.3 is 15.0 Å². The largest absolute Gasteiger partial charge is 0.372 e. The number of amides is 1. The number of fused-ring (bicyclic) bond motifs is 1. The summed E-state index contributed by atoms with van der Waals surface area (Å²) < 4.78 is 5.87.